The highest BCUT2D eigenvalue weighted by Gasteiger charge is 2.32. The third-order valence-electron chi connectivity index (χ3n) is 2.84. The number of hydrogen-bond donors (Lipinski definition) is 0. The molecule has 0 bridgehead atoms. The molecule has 3 heteroatoms. The molecule has 0 saturated carbocycles. The predicted molar refractivity (Wildman–Crippen MR) is 85.5 cm³/mol. The van der Waals surface area contributed by atoms with Crippen LogP contribution in [0.2, 0.25) is 0 Å². The lowest BCUT2D eigenvalue weighted by atomic mass is 10.00. The summed E-state index contributed by atoms with van der Waals surface area (Å²) in [5.74, 6) is 0. The van der Waals surface area contributed by atoms with Gasteiger partial charge < -0.3 is 0 Å². The average molecular weight is 296 g/mol. The van der Waals surface area contributed by atoms with Crippen LogP contribution in [0.25, 0.3) is 10.8 Å². The van der Waals surface area contributed by atoms with Gasteiger partial charge in [-0.1, -0.05) is 56.3 Å². The maximum atomic E-state index is 12.6. The fraction of sp³-hybridized carbons (Fsp3) is 0.333. The van der Waals surface area contributed by atoms with Crippen molar-refractivity contribution in [3.05, 3.63) is 59.7 Å². The van der Waals surface area contributed by atoms with Gasteiger partial charge in [0.1, 0.15) is 0 Å². The van der Waals surface area contributed by atoms with Crippen molar-refractivity contribution < 1.29 is 13.2 Å². The molecule has 2 aromatic carbocycles. The lowest BCUT2D eigenvalue weighted by Gasteiger charge is -2.12. The zero-order valence-electron chi connectivity index (χ0n) is 13.3. The number of aryl methyl sites for hydroxylation is 1. The van der Waals surface area contributed by atoms with Gasteiger partial charge in [0, 0.05) is 0 Å². The first-order chi connectivity index (χ1) is 9.91. The van der Waals surface area contributed by atoms with E-state index < -0.39 is 11.7 Å². The van der Waals surface area contributed by atoms with Crippen molar-refractivity contribution in [3.8, 4) is 0 Å². The van der Waals surface area contributed by atoms with E-state index in [1.807, 2.05) is 52.0 Å². The molecule has 0 N–H and O–H groups in total. The second-order valence-electron chi connectivity index (χ2n) is 4.12. The Bertz CT molecular complexity index is 562. The standard InChI is InChI=1S/C12H9F3.C4H8.C2H6/c1-8-10-5-3-2-4-9(10)6-7-11(8)12(13,14)15;1-3-4-2;1-2/h2-7H,1H3;3-4H,1-2H3;1-2H3/b;4-3-;. The van der Waals surface area contributed by atoms with E-state index in [2.05, 4.69) is 0 Å². The van der Waals surface area contributed by atoms with Gasteiger partial charge in [-0.25, -0.2) is 0 Å². The van der Waals surface area contributed by atoms with Gasteiger partial charge in [-0.3, -0.25) is 0 Å². The van der Waals surface area contributed by atoms with Gasteiger partial charge in [0.25, 0.3) is 0 Å². The average Bonchev–Trinajstić information content (AvgIpc) is 2.49. The van der Waals surface area contributed by atoms with Gasteiger partial charge in [0.2, 0.25) is 0 Å². The van der Waals surface area contributed by atoms with Crippen LogP contribution >= 0.6 is 0 Å². The molecule has 21 heavy (non-hydrogen) atoms. The van der Waals surface area contributed by atoms with Crippen molar-refractivity contribution in [2.75, 3.05) is 0 Å². The van der Waals surface area contributed by atoms with Crippen LogP contribution in [-0.4, -0.2) is 0 Å². The minimum Gasteiger partial charge on any atom is -0.166 e. The molecule has 0 amide bonds. The molecule has 0 saturated heterocycles. The topological polar surface area (TPSA) is 0 Å². The summed E-state index contributed by atoms with van der Waals surface area (Å²) in [7, 11) is 0. The third kappa shape index (κ3) is 5.62. The van der Waals surface area contributed by atoms with Crippen molar-refractivity contribution >= 4 is 10.8 Å². The summed E-state index contributed by atoms with van der Waals surface area (Å²) < 4.78 is 37.7. The highest BCUT2D eigenvalue weighted by Crippen LogP contribution is 2.34. The summed E-state index contributed by atoms with van der Waals surface area (Å²) in [6.07, 6.45) is -0.270. The Morgan fingerprint density at radius 2 is 1.38 bits per heavy atom. The van der Waals surface area contributed by atoms with Gasteiger partial charge in [-0.15, -0.1) is 0 Å². The van der Waals surface area contributed by atoms with Gasteiger partial charge in [-0.05, 0) is 43.2 Å². The Morgan fingerprint density at radius 1 is 0.857 bits per heavy atom. The van der Waals surface area contributed by atoms with E-state index in [-0.39, 0.29) is 0 Å². The Morgan fingerprint density at radius 3 is 1.86 bits per heavy atom. The molecule has 2 aromatic rings. The molecular formula is C18H23F3. The zero-order valence-corrected chi connectivity index (χ0v) is 13.3. The number of fused-ring (bicyclic) bond motifs is 1. The van der Waals surface area contributed by atoms with Crippen LogP contribution in [-0.2, 0) is 6.18 Å². The summed E-state index contributed by atoms with van der Waals surface area (Å²) in [5.41, 5.74) is -0.262. The number of alkyl halides is 3. The molecule has 0 atom stereocenters. The Balaban J connectivity index is 0.000000579. The van der Waals surface area contributed by atoms with Crippen LogP contribution in [0.15, 0.2) is 48.6 Å². The summed E-state index contributed by atoms with van der Waals surface area (Å²) in [6, 6.07) is 9.72. The number of benzene rings is 2. The number of allylic oxidation sites excluding steroid dienone is 2. The molecule has 0 aliphatic carbocycles. The normalized spacial score (nSPS) is 10.7. The summed E-state index contributed by atoms with van der Waals surface area (Å²) in [4.78, 5) is 0. The van der Waals surface area contributed by atoms with Gasteiger partial charge in [0.05, 0.1) is 5.56 Å². The van der Waals surface area contributed by atoms with Gasteiger partial charge in [0.15, 0.2) is 0 Å². The van der Waals surface area contributed by atoms with Crippen LogP contribution < -0.4 is 0 Å². The molecule has 0 aliphatic heterocycles. The van der Waals surface area contributed by atoms with E-state index in [9.17, 15) is 13.2 Å². The minimum atomic E-state index is -4.27. The predicted octanol–water partition coefficient (Wildman–Crippen LogP) is 6.78. The van der Waals surface area contributed by atoms with Crippen LogP contribution in [0.1, 0.15) is 38.8 Å². The molecule has 0 unspecified atom stereocenters. The van der Waals surface area contributed by atoms with Crippen molar-refractivity contribution in [2.24, 2.45) is 0 Å². The molecule has 0 aliphatic rings. The Kier molecular flexibility index (Phi) is 8.44. The molecule has 0 aromatic heterocycles. The lowest BCUT2D eigenvalue weighted by molar-refractivity contribution is -0.137. The number of hydrogen-bond acceptors (Lipinski definition) is 0. The first-order valence-corrected chi connectivity index (χ1v) is 7.04. The second kappa shape index (κ2) is 9.22. The van der Waals surface area contributed by atoms with Gasteiger partial charge >= 0.3 is 6.18 Å². The third-order valence-corrected chi connectivity index (χ3v) is 2.84. The maximum Gasteiger partial charge on any atom is 0.416 e. The Labute approximate surface area is 125 Å². The molecule has 0 heterocycles. The molecule has 0 radical (unpaired) electrons. The van der Waals surface area contributed by atoms with Crippen molar-refractivity contribution in [3.63, 3.8) is 0 Å². The van der Waals surface area contributed by atoms with Crippen molar-refractivity contribution in [1.29, 1.82) is 0 Å². The van der Waals surface area contributed by atoms with E-state index in [0.717, 1.165) is 11.5 Å². The summed E-state index contributed by atoms with van der Waals surface area (Å²) in [6.45, 7) is 9.51. The monoisotopic (exact) mass is 296 g/mol. The highest BCUT2D eigenvalue weighted by molar-refractivity contribution is 5.86. The maximum absolute atomic E-state index is 12.6. The smallest absolute Gasteiger partial charge is 0.166 e. The first kappa shape index (κ1) is 19.2. The molecule has 0 nitrogen and oxygen atoms in total. The number of halogens is 3. The van der Waals surface area contributed by atoms with Crippen LogP contribution in [0, 0.1) is 6.92 Å². The van der Waals surface area contributed by atoms with Crippen LogP contribution in [0.5, 0.6) is 0 Å². The SMILES string of the molecule is C/C=C\C.CC.Cc1c(C(F)(F)F)ccc2ccccc12. The number of rotatable bonds is 0. The Hall–Kier alpha value is -1.77. The first-order valence-electron chi connectivity index (χ1n) is 7.04. The summed E-state index contributed by atoms with van der Waals surface area (Å²) >= 11 is 0. The fourth-order valence-corrected chi connectivity index (χ4v) is 1.73. The summed E-state index contributed by atoms with van der Waals surface area (Å²) in [5, 5.41) is 1.50. The molecule has 2 rings (SSSR count). The van der Waals surface area contributed by atoms with Crippen LogP contribution in [0.4, 0.5) is 13.2 Å². The van der Waals surface area contributed by atoms with E-state index in [4.69, 9.17) is 0 Å². The quantitative estimate of drug-likeness (QED) is 0.470. The molecule has 116 valence electrons. The van der Waals surface area contributed by atoms with Crippen molar-refractivity contribution in [1.82, 2.24) is 0 Å². The molecular weight excluding hydrogens is 273 g/mol. The van der Waals surface area contributed by atoms with Crippen LogP contribution in [0.3, 0.4) is 0 Å². The fourth-order valence-electron chi connectivity index (χ4n) is 1.73. The highest BCUT2D eigenvalue weighted by atomic mass is 19.4. The van der Waals surface area contributed by atoms with Crippen molar-refractivity contribution in [2.45, 2.75) is 40.8 Å². The molecule has 0 spiro atoms. The van der Waals surface area contributed by atoms with E-state index in [0.29, 0.717) is 10.9 Å². The van der Waals surface area contributed by atoms with E-state index >= 15 is 0 Å². The largest absolute Gasteiger partial charge is 0.416 e. The van der Waals surface area contributed by atoms with E-state index in [1.54, 1.807) is 12.1 Å². The van der Waals surface area contributed by atoms with Gasteiger partial charge in [-0.2, -0.15) is 13.2 Å². The second-order valence-corrected chi connectivity index (χ2v) is 4.12. The minimum absolute atomic E-state index is 0.292. The molecule has 0 fully saturated rings. The zero-order chi connectivity index (χ0) is 16.5. The van der Waals surface area contributed by atoms with E-state index in [1.165, 1.54) is 13.0 Å². The lowest BCUT2D eigenvalue weighted by Crippen LogP contribution is -2.07.